The summed E-state index contributed by atoms with van der Waals surface area (Å²) in [5.74, 6) is -0.466. The van der Waals surface area contributed by atoms with Crippen LogP contribution < -0.4 is 11.1 Å². The van der Waals surface area contributed by atoms with E-state index in [9.17, 15) is 4.79 Å². The summed E-state index contributed by atoms with van der Waals surface area (Å²) in [6.07, 6.45) is 2.89. The van der Waals surface area contributed by atoms with Gasteiger partial charge in [-0.25, -0.2) is 9.97 Å². The molecule has 0 atom stereocenters. The molecule has 0 saturated carbocycles. The molecule has 5 nitrogen and oxygen atoms in total. The molecule has 2 aromatic rings. The van der Waals surface area contributed by atoms with Gasteiger partial charge >= 0.3 is 0 Å². The molecule has 0 radical (unpaired) electrons. The number of nitrogen functional groups attached to an aromatic ring is 1. The van der Waals surface area contributed by atoms with Gasteiger partial charge in [0, 0.05) is 10.7 Å². The Kier molecular flexibility index (Phi) is 4.24. The largest absolute Gasteiger partial charge is 0.397 e. The molecule has 0 aromatic carbocycles. The van der Waals surface area contributed by atoms with E-state index >= 15 is 0 Å². The Balaban J connectivity index is 2.30. The average molecular weight is 362 g/mol. The predicted octanol–water partition coefficient (Wildman–Crippen LogP) is 3.38. The molecule has 0 aliphatic heterocycles. The van der Waals surface area contributed by atoms with Crippen LogP contribution in [0.4, 0.5) is 11.4 Å². The maximum absolute atomic E-state index is 12.1. The van der Waals surface area contributed by atoms with Gasteiger partial charge in [0.15, 0.2) is 5.15 Å². The Morgan fingerprint density at radius 3 is 2.63 bits per heavy atom. The molecule has 0 bridgehead atoms. The van der Waals surface area contributed by atoms with Crippen molar-refractivity contribution < 1.29 is 4.79 Å². The zero-order chi connectivity index (χ0) is 14.0. The molecule has 2 rings (SSSR count). The number of carbonyl (C=O) groups is 1. The van der Waals surface area contributed by atoms with E-state index in [2.05, 4.69) is 31.2 Å². The number of halogens is 3. The summed E-state index contributed by atoms with van der Waals surface area (Å²) in [5, 5.41) is 2.82. The fourth-order valence-electron chi connectivity index (χ4n) is 1.32. The fraction of sp³-hybridized carbons (Fsp3) is 0. The van der Waals surface area contributed by atoms with Crippen molar-refractivity contribution in [2.75, 3.05) is 11.1 Å². The zero-order valence-electron chi connectivity index (χ0n) is 9.32. The van der Waals surface area contributed by atoms with E-state index in [1.54, 1.807) is 6.07 Å². The van der Waals surface area contributed by atoms with Crippen molar-refractivity contribution in [2.45, 2.75) is 0 Å². The number of nitrogens with two attached hydrogens (primary N) is 1. The number of hydrogen-bond acceptors (Lipinski definition) is 4. The minimum absolute atomic E-state index is 0.0609. The third-order valence-electron chi connectivity index (χ3n) is 2.16. The smallest absolute Gasteiger partial charge is 0.258 e. The van der Waals surface area contributed by atoms with Crippen molar-refractivity contribution in [1.29, 1.82) is 0 Å². The lowest BCUT2D eigenvalue weighted by Gasteiger charge is -2.08. The molecule has 0 saturated heterocycles. The minimum atomic E-state index is -0.466. The number of amides is 1. The Hall–Kier alpha value is -1.37. The normalized spacial score (nSPS) is 10.3. The highest BCUT2D eigenvalue weighted by Crippen LogP contribution is 2.24. The number of rotatable bonds is 2. The Morgan fingerprint density at radius 1 is 1.21 bits per heavy atom. The van der Waals surface area contributed by atoms with E-state index in [0.29, 0.717) is 15.8 Å². The third kappa shape index (κ3) is 3.34. The lowest BCUT2D eigenvalue weighted by Crippen LogP contribution is -2.14. The van der Waals surface area contributed by atoms with Crippen LogP contribution in [0.5, 0.6) is 0 Å². The van der Waals surface area contributed by atoms with Crippen molar-refractivity contribution in [3.63, 3.8) is 0 Å². The molecule has 8 heteroatoms. The van der Waals surface area contributed by atoms with E-state index in [1.165, 1.54) is 18.5 Å². The first-order valence-electron chi connectivity index (χ1n) is 5.01. The van der Waals surface area contributed by atoms with Crippen molar-refractivity contribution in [2.24, 2.45) is 0 Å². The molecule has 98 valence electrons. The highest BCUT2D eigenvalue weighted by Gasteiger charge is 2.14. The first kappa shape index (κ1) is 14.0. The molecule has 0 aliphatic carbocycles. The maximum atomic E-state index is 12.1. The number of hydrogen-bond donors (Lipinski definition) is 2. The van der Waals surface area contributed by atoms with Crippen LogP contribution in [-0.2, 0) is 0 Å². The number of carbonyl (C=O) groups excluding carboxylic acids is 1. The van der Waals surface area contributed by atoms with Gasteiger partial charge in [0.05, 0.1) is 23.1 Å². The topological polar surface area (TPSA) is 80.9 Å². The van der Waals surface area contributed by atoms with Crippen molar-refractivity contribution >= 4 is 56.4 Å². The van der Waals surface area contributed by atoms with Gasteiger partial charge in [-0.2, -0.15) is 0 Å². The number of nitrogens with one attached hydrogen (secondary N) is 1. The molecule has 2 heterocycles. The van der Waals surface area contributed by atoms with Crippen LogP contribution in [0, 0.1) is 0 Å². The summed E-state index contributed by atoms with van der Waals surface area (Å²) in [4.78, 5) is 19.8. The van der Waals surface area contributed by atoms with Gasteiger partial charge in [-0.1, -0.05) is 23.2 Å². The monoisotopic (exact) mass is 360 g/mol. The molecule has 19 heavy (non-hydrogen) atoms. The molecular weight excluding hydrogens is 355 g/mol. The minimum Gasteiger partial charge on any atom is -0.397 e. The summed E-state index contributed by atoms with van der Waals surface area (Å²) < 4.78 is 0.684. The lowest BCUT2D eigenvalue weighted by atomic mass is 10.2. The van der Waals surface area contributed by atoms with Crippen LogP contribution in [-0.4, -0.2) is 15.9 Å². The van der Waals surface area contributed by atoms with Crippen LogP contribution in [0.3, 0.4) is 0 Å². The SMILES string of the molecule is Nc1cnc(Cl)c(C(=O)Nc2cc(Br)cnc2Cl)c1. The predicted molar refractivity (Wildman–Crippen MR) is 78.6 cm³/mol. The van der Waals surface area contributed by atoms with Gasteiger partial charge in [-0.15, -0.1) is 0 Å². The second-order valence-electron chi connectivity index (χ2n) is 3.55. The Morgan fingerprint density at radius 2 is 1.89 bits per heavy atom. The van der Waals surface area contributed by atoms with E-state index in [1.807, 2.05) is 0 Å². The maximum Gasteiger partial charge on any atom is 0.258 e. The molecule has 0 fully saturated rings. The molecular formula is C11H7BrCl2N4O. The number of aromatic nitrogens is 2. The van der Waals surface area contributed by atoms with E-state index in [-0.39, 0.29) is 15.9 Å². The second-order valence-corrected chi connectivity index (χ2v) is 5.18. The molecule has 0 spiro atoms. The molecule has 0 unspecified atom stereocenters. The van der Waals surface area contributed by atoms with Crippen molar-refractivity contribution in [3.8, 4) is 0 Å². The number of anilines is 2. The summed E-state index contributed by atoms with van der Waals surface area (Å²) in [6, 6.07) is 3.06. The Bertz CT molecular complexity index is 651. The van der Waals surface area contributed by atoms with E-state index < -0.39 is 5.91 Å². The summed E-state index contributed by atoms with van der Waals surface area (Å²) in [6.45, 7) is 0. The van der Waals surface area contributed by atoms with Crippen LogP contribution in [0.15, 0.2) is 29.0 Å². The van der Waals surface area contributed by atoms with Gasteiger partial charge in [0.25, 0.3) is 5.91 Å². The molecule has 2 aromatic heterocycles. The Labute approximate surface area is 127 Å². The number of pyridine rings is 2. The van der Waals surface area contributed by atoms with Crippen LogP contribution >= 0.6 is 39.1 Å². The van der Waals surface area contributed by atoms with Gasteiger partial charge in [0.2, 0.25) is 0 Å². The first-order valence-corrected chi connectivity index (χ1v) is 6.55. The quantitative estimate of drug-likeness (QED) is 0.803. The summed E-state index contributed by atoms with van der Waals surface area (Å²) in [5.41, 5.74) is 6.43. The molecule has 3 N–H and O–H groups in total. The van der Waals surface area contributed by atoms with Crippen molar-refractivity contribution in [3.05, 3.63) is 44.9 Å². The molecule has 0 aliphatic rings. The lowest BCUT2D eigenvalue weighted by molar-refractivity contribution is 0.102. The zero-order valence-corrected chi connectivity index (χ0v) is 12.4. The van der Waals surface area contributed by atoms with Gasteiger partial charge in [-0.05, 0) is 28.1 Å². The van der Waals surface area contributed by atoms with Gasteiger partial charge in [0.1, 0.15) is 5.15 Å². The fourth-order valence-corrected chi connectivity index (χ4v) is 1.99. The van der Waals surface area contributed by atoms with E-state index in [4.69, 9.17) is 28.9 Å². The number of nitrogens with zero attached hydrogens (tertiary/aromatic N) is 2. The van der Waals surface area contributed by atoms with Gasteiger partial charge < -0.3 is 11.1 Å². The van der Waals surface area contributed by atoms with Gasteiger partial charge in [-0.3, -0.25) is 4.79 Å². The average Bonchev–Trinajstić information content (AvgIpc) is 2.36. The van der Waals surface area contributed by atoms with E-state index in [0.717, 1.165) is 0 Å². The van der Waals surface area contributed by atoms with Crippen LogP contribution in [0.2, 0.25) is 10.3 Å². The summed E-state index contributed by atoms with van der Waals surface area (Å²) >= 11 is 15.0. The van der Waals surface area contributed by atoms with Crippen molar-refractivity contribution in [1.82, 2.24) is 9.97 Å². The van der Waals surface area contributed by atoms with Crippen LogP contribution in [0.1, 0.15) is 10.4 Å². The molecule has 1 amide bonds. The highest BCUT2D eigenvalue weighted by atomic mass is 79.9. The first-order chi connectivity index (χ1) is 8.97. The summed E-state index contributed by atoms with van der Waals surface area (Å²) in [7, 11) is 0. The standard InChI is InChI=1S/C11H7BrCl2N4O/c12-5-1-8(10(14)16-3-5)18-11(19)7-2-6(15)4-17-9(7)13/h1-4H,15H2,(H,18,19). The highest BCUT2D eigenvalue weighted by molar-refractivity contribution is 9.10. The van der Waals surface area contributed by atoms with Crippen LogP contribution in [0.25, 0.3) is 0 Å². The second kappa shape index (κ2) is 5.73. The third-order valence-corrected chi connectivity index (χ3v) is 3.19.